The summed E-state index contributed by atoms with van der Waals surface area (Å²) < 4.78 is 0.962. The lowest BCUT2D eigenvalue weighted by atomic mass is 9.99. The molecule has 1 unspecified atom stereocenters. The van der Waals surface area contributed by atoms with Crippen molar-refractivity contribution in [1.29, 1.82) is 0 Å². The van der Waals surface area contributed by atoms with Crippen molar-refractivity contribution in [2.75, 3.05) is 0 Å². The molecule has 1 aliphatic heterocycles. The number of rotatable bonds is 1. The zero-order valence-electron chi connectivity index (χ0n) is 8.12. The largest absolute Gasteiger partial charge is 0.367 e. The SMILES string of the molecule is CC1(O)NC(=O)C=C1c1ccc(Br)cc1. The summed E-state index contributed by atoms with van der Waals surface area (Å²) in [6.45, 7) is 1.56. The van der Waals surface area contributed by atoms with E-state index in [0.717, 1.165) is 10.0 Å². The Morgan fingerprint density at radius 3 is 2.40 bits per heavy atom. The van der Waals surface area contributed by atoms with E-state index in [9.17, 15) is 9.90 Å². The van der Waals surface area contributed by atoms with Gasteiger partial charge in [-0.15, -0.1) is 0 Å². The number of hydrogen-bond donors (Lipinski definition) is 2. The summed E-state index contributed by atoms with van der Waals surface area (Å²) >= 11 is 3.33. The molecule has 78 valence electrons. The highest BCUT2D eigenvalue weighted by molar-refractivity contribution is 9.10. The van der Waals surface area contributed by atoms with Gasteiger partial charge < -0.3 is 10.4 Å². The van der Waals surface area contributed by atoms with Crippen LogP contribution < -0.4 is 5.32 Å². The lowest BCUT2D eigenvalue weighted by molar-refractivity contribution is -0.119. The van der Waals surface area contributed by atoms with Crippen LogP contribution in [-0.2, 0) is 4.79 Å². The van der Waals surface area contributed by atoms with Crippen molar-refractivity contribution in [3.63, 3.8) is 0 Å². The van der Waals surface area contributed by atoms with Crippen molar-refractivity contribution in [1.82, 2.24) is 5.32 Å². The number of halogens is 1. The second-order valence-corrected chi connectivity index (χ2v) is 4.54. The first-order valence-electron chi connectivity index (χ1n) is 4.52. The second kappa shape index (κ2) is 3.47. The fraction of sp³-hybridized carbons (Fsp3) is 0.182. The molecule has 0 saturated carbocycles. The fourth-order valence-corrected chi connectivity index (χ4v) is 1.87. The molecule has 1 atom stereocenters. The first kappa shape index (κ1) is 10.4. The summed E-state index contributed by atoms with van der Waals surface area (Å²) in [6.07, 6.45) is 1.42. The van der Waals surface area contributed by atoms with Crippen LogP contribution in [0.1, 0.15) is 12.5 Å². The van der Waals surface area contributed by atoms with Crippen LogP contribution in [0.15, 0.2) is 34.8 Å². The molecule has 3 nitrogen and oxygen atoms in total. The smallest absolute Gasteiger partial charge is 0.246 e. The van der Waals surface area contributed by atoms with E-state index in [1.807, 2.05) is 24.3 Å². The minimum Gasteiger partial charge on any atom is -0.367 e. The number of carbonyl (C=O) groups is 1. The normalized spacial score (nSPS) is 25.0. The van der Waals surface area contributed by atoms with E-state index in [1.165, 1.54) is 6.08 Å². The minimum absolute atomic E-state index is 0.266. The highest BCUT2D eigenvalue weighted by Gasteiger charge is 2.34. The van der Waals surface area contributed by atoms with Gasteiger partial charge in [0.2, 0.25) is 5.91 Å². The first-order chi connectivity index (χ1) is 6.99. The number of nitrogens with one attached hydrogen (secondary N) is 1. The van der Waals surface area contributed by atoms with Crippen molar-refractivity contribution >= 4 is 27.4 Å². The minimum atomic E-state index is -1.27. The highest BCUT2D eigenvalue weighted by Crippen LogP contribution is 2.29. The van der Waals surface area contributed by atoms with Crippen LogP contribution in [0.3, 0.4) is 0 Å². The Balaban J connectivity index is 2.43. The lowest BCUT2D eigenvalue weighted by Gasteiger charge is -2.21. The Labute approximate surface area is 95.9 Å². The Morgan fingerprint density at radius 2 is 1.93 bits per heavy atom. The van der Waals surface area contributed by atoms with Crippen LogP contribution in [0.4, 0.5) is 0 Å². The van der Waals surface area contributed by atoms with Crippen LogP contribution in [0.25, 0.3) is 5.57 Å². The highest BCUT2D eigenvalue weighted by atomic mass is 79.9. The van der Waals surface area contributed by atoms with E-state index in [-0.39, 0.29) is 5.91 Å². The second-order valence-electron chi connectivity index (χ2n) is 3.63. The van der Waals surface area contributed by atoms with Crippen molar-refractivity contribution in [2.24, 2.45) is 0 Å². The lowest BCUT2D eigenvalue weighted by Crippen LogP contribution is -2.40. The van der Waals surface area contributed by atoms with Crippen LogP contribution >= 0.6 is 15.9 Å². The molecule has 0 radical (unpaired) electrons. The van der Waals surface area contributed by atoms with Gasteiger partial charge in [0.25, 0.3) is 0 Å². The zero-order chi connectivity index (χ0) is 11.1. The van der Waals surface area contributed by atoms with E-state index in [2.05, 4.69) is 21.2 Å². The third-order valence-corrected chi connectivity index (χ3v) is 2.85. The standard InChI is InChI=1S/C11H10BrNO2/c1-11(15)9(6-10(14)13-11)7-2-4-8(12)5-3-7/h2-6,15H,1H3,(H,13,14). The van der Waals surface area contributed by atoms with Crippen LogP contribution in [0.2, 0.25) is 0 Å². The van der Waals surface area contributed by atoms with Crippen LogP contribution in [0, 0.1) is 0 Å². The molecule has 15 heavy (non-hydrogen) atoms. The predicted octanol–water partition coefficient (Wildman–Crippen LogP) is 1.67. The zero-order valence-corrected chi connectivity index (χ0v) is 9.71. The van der Waals surface area contributed by atoms with Gasteiger partial charge in [0.05, 0.1) is 0 Å². The van der Waals surface area contributed by atoms with E-state index in [4.69, 9.17) is 0 Å². The first-order valence-corrected chi connectivity index (χ1v) is 5.31. The maximum atomic E-state index is 11.2. The average Bonchev–Trinajstić information content (AvgIpc) is 2.41. The maximum absolute atomic E-state index is 11.2. The molecular formula is C11H10BrNO2. The van der Waals surface area contributed by atoms with Gasteiger partial charge in [-0.25, -0.2) is 0 Å². The molecule has 1 amide bonds. The van der Waals surface area contributed by atoms with Crippen molar-refractivity contribution in [3.8, 4) is 0 Å². The summed E-state index contributed by atoms with van der Waals surface area (Å²) in [4.78, 5) is 11.2. The molecule has 1 aromatic carbocycles. The molecule has 2 N–H and O–H groups in total. The molecule has 0 aliphatic carbocycles. The number of carbonyl (C=O) groups excluding carboxylic acids is 1. The van der Waals surface area contributed by atoms with Gasteiger partial charge in [-0.1, -0.05) is 28.1 Å². The van der Waals surface area contributed by atoms with Crippen molar-refractivity contribution in [3.05, 3.63) is 40.4 Å². The molecule has 0 aromatic heterocycles. The average molecular weight is 268 g/mol. The monoisotopic (exact) mass is 267 g/mol. The van der Waals surface area contributed by atoms with Gasteiger partial charge in [0.15, 0.2) is 5.72 Å². The van der Waals surface area contributed by atoms with Gasteiger partial charge in [-0.2, -0.15) is 0 Å². The Hall–Kier alpha value is -1.13. The van der Waals surface area contributed by atoms with E-state index in [1.54, 1.807) is 6.92 Å². The molecule has 0 bridgehead atoms. The summed E-state index contributed by atoms with van der Waals surface area (Å²) in [5.41, 5.74) is 0.159. The molecule has 0 saturated heterocycles. The number of amides is 1. The third kappa shape index (κ3) is 1.96. The Morgan fingerprint density at radius 1 is 1.33 bits per heavy atom. The number of hydrogen-bond acceptors (Lipinski definition) is 2. The molecule has 0 fully saturated rings. The van der Waals surface area contributed by atoms with E-state index < -0.39 is 5.72 Å². The van der Waals surface area contributed by atoms with E-state index in [0.29, 0.717) is 5.57 Å². The Kier molecular flexibility index (Phi) is 2.40. The fourth-order valence-electron chi connectivity index (χ4n) is 1.61. The molecule has 4 heteroatoms. The maximum Gasteiger partial charge on any atom is 0.246 e. The topological polar surface area (TPSA) is 49.3 Å². The van der Waals surface area contributed by atoms with Gasteiger partial charge >= 0.3 is 0 Å². The molecule has 2 rings (SSSR count). The summed E-state index contributed by atoms with van der Waals surface area (Å²) in [7, 11) is 0. The summed E-state index contributed by atoms with van der Waals surface area (Å²) in [5, 5.41) is 12.4. The quantitative estimate of drug-likeness (QED) is 0.814. The van der Waals surface area contributed by atoms with Gasteiger partial charge in [-0.3, -0.25) is 4.79 Å². The van der Waals surface area contributed by atoms with Gasteiger partial charge in [0, 0.05) is 16.1 Å². The molecule has 0 spiro atoms. The van der Waals surface area contributed by atoms with Crippen LogP contribution in [-0.4, -0.2) is 16.7 Å². The van der Waals surface area contributed by atoms with Crippen LogP contribution in [0.5, 0.6) is 0 Å². The number of benzene rings is 1. The molecule has 1 aromatic rings. The van der Waals surface area contributed by atoms with Crippen molar-refractivity contribution in [2.45, 2.75) is 12.6 Å². The molecule has 1 heterocycles. The van der Waals surface area contributed by atoms with Gasteiger partial charge in [0.1, 0.15) is 0 Å². The molecular weight excluding hydrogens is 258 g/mol. The van der Waals surface area contributed by atoms with E-state index >= 15 is 0 Å². The number of aliphatic hydroxyl groups is 1. The van der Waals surface area contributed by atoms with Gasteiger partial charge in [-0.05, 0) is 24.6 Å². The summed E-state index contributed by atoms with van der Waals surface area (Å²) in [5.74, 6) is -0.266. The molecule has 1 aliphatic rings. The summed E-state index contributed by atoms with van der Waals surface area (Å²) in [6, 6.07) is 7.44. The predicted molar refractivity (Wildman–Crippen MR) is 60.9 cm³/mol. The third-order valence-electron chi connectivity index (χ3n) is 2.32. The Bertz CT molecular complexity index is 434. The van der Waals surface area contributed by atoms with Crippen molar-refractivity contribution < 1.29 is 9.90 Å².